The minimum Gasteiger partial charge on any atom is -0.497 e. The van der Waals surface area contributed by atoms with Gasteiger partial charge in [-0.05, 0) is 91.3 Å². The van der Waals surface area contributed by atoms with Crippen LogP contribution in [0.25, 0.3) is 6.08 Å². The second-order valence-electron chi connectivity index (χ2n) is 11.1. The molecule has 0 saturated carbocycles. The number of hydrogen-bond acceptors (Lipinski definition) is 4. The van der Waals surface area contributed by atoms with Gasteiger partial charge in [-0.15, -0.1) is 0 Å². The van der Waals surface area contributed by atoms with E-state index in [4.69, 9.17) is 4.74 Å². The minimum absolute atomic E-state index is 0.0561. The van der Waals surface area contributed by atoms with Crippen LogP contribution in [0.2, 0.25) is 0 Å². The molecule has 2 fully saturated rings. The third-order valence-corrected chi connectivity index (χ3v) is 8.20. The number of amides is 2. The van der Waals surface area contributed by atoms with Crippen molar-refractivity contribution in [3.63, 3.8) is 0 Å². The van der Waals surface area contributed by atoms with E-state index in [1.807, 2.05) is 29.2 Å². The minimum atomic E-state index is -0.412. The van der Waals surface area contributed by atoms with E-state index >= 15 is 0 Å². The molecule has 0 bridgehead atoms. The van der Waals surface area contributed by atoms with E-state index in [1.54, 1.807) is 24.3 Å². The largest absolute Gasteiger partial charge is 0.497 e. The molecule has 1 N–H and O–H groups in total. The molecule has 0 radical (unpaired) electrons. The number of hydrogen-bond donors (Lipinski definition) is 1. The Morgan fingerprint density at radius 2 is 1.62 bits per heavy atom. The van der Waals surface area contributed by atoms with Crippen molar-refractivity contribution in [1.82, 2.24) is 15.1 Å². The number of nitrogens with one attached hydrogen (secondary N) is 1. The summed E-state index contributed by atoms with van der Waals surface area (Å²) in [6.07, 6.45) is 7.27. The number of piperidine rings is 2. The number of rotatable bonds is 8. The number of nitrogens with zero attached hydrogens (tertiary/aromatic N) is 2. The Balaban J connectivity index is 1.06. The molecule has 2 heterocycles. The van der Waals surface area contributed by atoms with Gasteiger partial charge in [-0.2, -0.15) is 0 Å². The molecule has 0 aromatic heterocycles. The Bertz CT molecular complexity index is 1410. The molecule has 0 spiro atoms. The van der Waals surface area contributed by atoms with E-state index in [2.05, 4.69) is 10.2 Å². The molecule has 8 heteroatoms. The van der Waals surface area contributed by atoms with Crippen LogP contribution in [0, 0.1) is 11.6 Å². The third-order valence-electron chi connectivity index (χ3n) is 8.20. The standard InChI is InChI=1S/C34H37F2N3O3/c1-42-32-22-26(21-29(36)23-32)7-10-33(40)37-30-11-15-38(16-12-30)31-13-17-39(18-14-31)34(41)27-4-2-3-25(20-27)19-24-5-8-28(35)9-6-24/h2-10,20-23,30-31H,11-19H2,1H3,(H,37,40)/b10-7+. The fourth-order valence-corrected chi connectivity index (χ4v) is 5.90. The number of benzene rings is 3. The van der Waals surface area contributed by atoms with E-state index in [0.717, 1.165) is 63.0 Å². The molecule has 2 amide bonds. The van der Waals surface area contributed by atoms with Crippen molar-refractivity contribution in [3.8, 4) is 5.75 Å². The second-order valence-corrected chi connectivity index (χ2v) is 11.1. The molecule has 2 aliphatic heterocycles. The van der Waals surface area contributed by atoms with Crippen LogP contribution >= 0.6 is 0 Å². The van der Waals surface area contributed by atoms with E-state index < -0.39 is 5.82 Å². The number of likely N-dealkylation sites (tertiary alicyclic amines) is 2. The van der Waals surface area contributed by atoms with Crippen molar-refractivity contribution in [2.75, 3.05) is 33.3 Å². The number of methoxy groups -OCH3 is 1. The van der Waals surface area contributed by atoms with E-state index in [0.29, 0.717) is 29.3 Å². The zero-order valence-corrected chi connectivity index (χ0v) is 23.9. The lowest BCUT2D eigenvalue weighted by Crippen LogP contribution is -2.51. The lowest BCUT2D eigenvalue weighted by molar-refractivity contribution is -0.117. The summed E-state index contributed by atoms with van der Waals surface area (Å²) in [5.41, 5.74) is 3.29. The highest BCUT2D eigenvalue weighted by atomic mass is 19.1. The van der Waals surface area contributed by atoms with Crippen molar-refractivity contribution in [2.24, 2.45) is 0 Å². The van der Waals surface area contributed by atoms with Gasteiger partial charge in [-0.25, -0.2) is 8.78 Å². The van der Waals surface area contributed by atoms with Gasteiger partial charge in [0.2, 0.25) is 5.91 Å². The average molecular weight is 574 g/mol. The summed E-state index contributed by atoms with van der Waals surface area (Å²) in [6.45, 7) is 3.25. The molecule has 2 aliphatic rings. The van der Waals surface area contributed by atoms with Crippen molar-refractivity contribution in [2.45, 2.75) is 44.2 Å². The highest BCUT2D eigenvalue weighted by Gasteiger charge is 2.30. The van der Waals surface area contributed by atoms with Crippen LogP contribution in [-0.4, -0.2) is 67.0 Å². The fourth-order valence-electron chi connectivity index (χ4n) is 5.90. The molecule has 5 rings (SSSR count). The Labute approximate surface area is 246 Å². The lowest BCUT2D eigenvalue weighted by Gasteiger charge is -2.41. The maximum Gasteiger partial charge on any atom is 0.253 e. The summed E-state index contributed by atoms with van der Waals surface area (Å²) in [4.78, 5) is 30.2. The fraction of sp³-hybridized carbons (Fsp3) is 0.353. The second kappa shape index (κ2) is 13.7. The number of ether oxygens (including phenoxy) is 1. The molecule has 2 saturated heterocycles. The van der Waals surface area contributed by atoms with Crippen molar-refractivity contribution >= 4 is 17.9 Å². The van der Waals surface area contributed by atoms with Crippen LogP contribution in [0.5, 0.6) is 5.75 Å². The molecule has 3 aromatic rings. The van der Waals surface area contributed by atoms with Crippen molar-refractivity contribution < 1.29 is 23.1 Å². The Morgan fingerprint density at radius 3 is 2.33 bits per heavy atom. The first-order valence-electron chi connectivity index (χ1n) is 14.6. The van der Waals surface area contributed by atoms with Gasteiger partial charge in [-0.3, -0.25) is 9.59 Å². The van der Waals surface area contributed by atoms with Gasteiger partial charge in [0.1, 0.15) is 17.4 Å². The molecule has 3 aromatic carbocycles. The highest BCUT2D eigenvalue weighted by Crippen LogP contribution is 2.23. The predicted molar refractivity (Wildman–Crippen MR) is 159 cm³/mol. The van der Waals surface area contributed by atoms with E-state index in [1.165, 1.54) is 37.5 Å². The average Bonchev–Trinajstić information content (AvgIpc) is 3.01. The molecule has 220 valence electrons. The van der Waals surface area contributed by atoms with E-state index in [-0.39, 0.29) is 23.7 Å². The first kappa shape index (κ1) is 29.5. The monoisotopic (exact) mass is 573 g/mol. The number of carbonyl (C=O) groups excluding carboxylic acids is 2. The zero-order valence-electron chi connectivity index (χ0n) is 23.9. The Morgan fingerprint density at radius 1 is 0.881 bits per heavy atom. The zero-order chi connectivity index (χ0) is 29.5. The molecule has 42 heavy (non-hydrogen) atoms. The smallest absolute Gasteiger partial charge is 0.253 e. The SMILES string of the molecule is COc1cc(F)cc(/C=C/C(=O)NC2CCN(C3CCN(C(=O)c4cccc(Cc5ccc(F)cc5)c4)CC3)CC2)c1. The Kier molecular flexibility index (Phi) is 9.64. The maximum atomic E-state index is 13.7. The van der Waals surface area contributed by atoms with Gasteiger partial charge in [0, 0.05) is 56.0 Å². The van der Waals surface area contributed by atoms with Crippen molar-refractivity contribution in [1.29, 1.82) is 0 Å². The number of halogens is 2. The summed E-state index contributed by atoms with van der Waals surface area (Å²) in [7, 11) is 1.48. The van der Waals surface area contributed by atoms with Gasteiger partial charge in [0.15, 0.2) is 0 Å². The quantitative estimate of drug-likeness (QED) is 0.364. The topological polar surface area (TPSA) is 61.9 Å². The van der Waals surface area contributed by atoms with Crippen molar-refractivity contribution in [3.05, 3.63) is 107 Å². The van der Waals surface area contributed by atoms with Gasteiger partial charge in [0.05, 0.1) is 7.11 Å². The van der Waals surface area contributed by atoms with Crippen LogP contribution in [0.1, 0.15) is 52.7 Å². The van der Waals surface area contributed by atoms with Gasteiger partial charge in [-0.1, -0.05) is 24.3 Å². The van der Waals surface area contributed by atoms with Crippen LogP contribution < -0.4 is 10.1 Å². The summed E-state index contributed by atoms with van der Waals surface area (Å²) in [5, 5.41) is 3.07. The summed E-state index contributed by atoms with van der Waals surface area (Å²) in [6, 6.07) is 19.0. The molecule has 6 nitrogen and oxygen atoms in total. The molecule has 0 aliphatic carbocycles. The van der Waals surface area contributed by atoms with Crippen LogP contribution in [-0.2, 0) is 11.2 Å². The van der Waals surface area contributed by atoms with E-state index in [9.17, 15) is 18.4 Å². The normalized spacial score (nSPS) is 17.0. The van der Waals surface area contributed by atoms with Crippen LogP contribution in [0.4, 0.5) is 8.78 Å². The summed E-state index contributed by atoms with van der Waals surface area (Å²) < 4.78 is 32.0. The molecule has 0 unspecified atom stereocenters. The van der Waals surface area contributed by atoms with Crippen LogP contribution in [0.15, 0.2) is 72.8 Å². The summed E-state index contributed by atoms with van der Waals surface area (Å²) >= 11 is 0. The lowest BCUT2D eigenvalue weighted by atomic mass is 9.97. The first-order valence-corrected chi connectivity index (χ1v) is 14.6. The highest BCUT2D eigenvalue weighted by molar-refractivity contribution is 5.94. The number of carbonyl (C=O) groups is 2. The molecular formula is C34H37F2N3O3. The maximum absolute atomic E-state index is 13.7. The van der Waals surface area contributed by atoms with Gasteiger partial charge < -0.3 is 19.9 Å². The summed E-state index contributed by atoms with van der Waals surface area (Å²) in [5.74, 6) is -0.392. The van der Waals surface area contributed by atoms with Gasteiger partial charge in [0.25, 0.3) is 5.91 Å². The van der Waals surface area contributed by atoms with Crippen LogP contribution in [0.3, 0.4) is 0 Å². The third kappa shape index (κ3) is 7.82. The Hall–Kier alpha value is -4.04. The predicted octanol–water partition coefficient (Wildman–Crippen LogP) is 5.46. The first-order chi connectivity index (χ1) is 20.4. The molecular weight excluding hydrogens is 536 g/mol. The molecule has 0 atom stereocenters. The van der Waals surface area contributed by atoms with Gasteiger partial charge >= 0.3 is 0 Å².